The second kappa shape index (κ2) is 7.15. The Hall–Kier alpha value is -3.53. The van der Waals surface area contributed by atoms with Crippen molar-refractivity contribution >= 4 is 22.3 Å². The molecular formula is C22H17N3O. The van der Waals surface area contributed by atoms with Gasteiger partial charge in [0.1, 0.15) is 11.3 Å². The third-order valence-corrected chi connectivity index (χ3v) is 4.21. The van der Waals surface area contributed by atoms with Gasteiger partial charge in [0.15, 0.2) is 0 Å². The molecule has 0 aliphatic carbocycles. The van der Waals surface area contributed by atoms with Crippen LogP contribution in [0.25, 0.3) is 10.9 Å². The standard InChI is InChI=1S/C22H17N3O/c26-22-17(15-16-7-3-1-4-8-16)11-12-19-20(13-14-23-21(19)22)25-24-18-9-5-2-6-10-18/h1-14,26H,15H2. The molecule has 26 heavy (non-hydrogen) atoms. The molecule has 4 nitrogen and oxygen atoms in total. The van der Waals surface area contributed by atoms with Gasteiger partial charge in [-0.2, -0.15) is 5.11 Å². The maximum absolute atomic E-state index is 10.7. The molecule has 3 aromatic carbocycles. The van der Waals surface area contributed by atoms with Gasteiger partial charge in [-0.1, -0.05) is 54.6 Å². The first-order valence-corrected chi connectivity index (χ1v) is 8.41. The molecule has 0 amide bonds. The number of hydrogen-bond acceptors (Lipinski definition) is 4. The minimum Gasteiger partial charge on any atom is -0.505 e. The van der Waals surface area contributed by atoms with E-state index >= 15 is 0 Å². The van der Waals surface area contributed by atoms with Gasteiger partial charge in [-0.15, -0.1) is 5.11 Å². The minimum absolute atomic E-state index is 0.197. The van der Waals surface area contributed by atoms with Crippen LogP contribution < -0.4 is 0 Å². The molecule has 4 rings (SSSR count). The fraction of sp³-hybridized carbons (Fsp3) is 0.0455. The van der Waals surface area contributed by atoms with Gasteiger partial charge in [-0.25, -0.2) is 0 Å². The lowest BCUT2D eigenvalue weighted by atomic mass is 10.0. The smallest absolute Gasteiger partial charge is 0.145 e. The summed E-state index contributed by atoms with van der Waals surface area (Å²) in [6, 6.07) is 25.3. The number of aromatic hydroxyl groups is 1. The van der Waals surface area contributed by atoms with Crippen molar-refractivity contribution in [3.8, 4) is 5.75 Å². The van der Waals surface area contributed by atoms with Crippen molar-refractivity contribution in [1.29, 1.82) is 0 Å². The molecule has 0 spiro atoms. The molecule has 126 valence electrons. The van der Waals surface area contributed by atoms with Crippen molar-refractivity contribution in [2.45, 2.75) is 6.42 Å². The van der Waals surface area contributed by atoms with Gasteiger partial charge in [-0.3, -0.25) is 4.98 Å². The molecule has 0 atom stereocenters. The minimum atomic E-state index is 0.197. The second-order valence-electron chi connectivity index (χ2n) is 6.00. The van der Waals surface area contributed by atoms with E-state index in [-0.39, 0.29) is 5.75 Å². The van der Waals surface area contributed by atoms with Crippen molar-refractivity contribution in [2.24, 2.45) is 10.2 Å². The van der Waals surface area contributed by atoms with E-state index < -0.39 is 0 Å². The second-order valence-corrected chi connectivity index (χ2v) is 6.00. The van der Waals surface area contributed by atoms with Crippen molar-refractivity contribution in [3.63, 3.8) is 0 Å². The summed E-state index contributed by atoms with van der Waals surface area (Å²) >= 11 is 0. The first kappa shape index (κ1) is 16.0. The number of aromatic nitrogens is 1. The number of rotatable bonds is 4. The zero-order valence-electron chi connectivity index (χ0n) is 14.1. The van der Waals surface area contributed by atoms with Crippen LogP contribution in [0.15, 0.2) is 95.3 Å². The van der Waals surface area contributed by atoms with Gasteiger partial charge in [0.05, 0.1) is 11.4 Å². The highest BCUT2D eigenvalue weighted by Gasteiger charge is 2.11. The summed E-state index contributed by atoms with van der Waals surface area (Å²) in [6.45, 7) is 0. The first-order valence-electron chi connectivity index (χ1n) is 8.41. The van der Waals surface area contributed by atoms with Crippen LogP contribution in [0.5, 0.6) is 5.75 Å². The molecule has 0 unspecified atom stereocenters. The van der Waals surface area contributed by atoms with Crippen LogP contribution >= 0.6 is 0 Å². The van der Waals surface area contributed by atoms with Crippen molar-refractivity contribution in [3.05, 3.63) is 96.2 Å². The summed E-state index contributed by atoms with van der Waals surface area (Å²) in [6.07, 6.45) is 2.30. The van der Waals surface area contributed by atoms with Gasteiger partial charge in [-0.05, 0) is 29.8 Å². The first-order chi connectivity index (χ1) is 12.8. The lowest BCUT2D eigenvalue weighted by Gasteiger charge is -2.08. The summed E-state index contributed by atoms with van der Waals surface area (Å²) in [4.78, 5) is 4.35. The van der Waals surface area contributed by atoms with E-state index in [0.717, 1.165) is 22.2 Å². The number of nitrogens with zero attached hydrogens (tertiary/aromatic N) is 3. The Labute approximate surface area is 151 Å². The summed E-state index contributed by atoms with van der Waals surface area (Å²) in [5, 5.41) is 20.1. The molecule has 4 heteroatoms. The Morgan fingerprint density at radius 1 is 0.769 bits per heavy atom. The van der Waals surface area contributed by atoms with E-state index in [4.69, 9.17) is 0 Å². The Kier molecular flexibility index (Phi) is 4.39. The van der Waals surface area contributed by atoms with E-state index in [9.17, 15) is 5.11 Å². The van der Waals surface area contributed by atoms with Crippen molar-refractivity contribution in [1.82, 2.24) is 4.98 Å². The fourth-order valence-corrected chi connectivity index (χ4v) is 2.88. The molecule has 0 aliphatic heterocycles. The van der Waals surface area contributed by atoms with Crippen LogP contribution in [-0.4, -0.2) is 10.1 Å². The molecule has 1 aromatic heterocycles. The number of hydrogen-bond donors (Lipinski definition) is 1. The fourth-order valence-electron chi connectivity index (χ4n) is 2.88. The Morgan fingerprint density at radius 2 is 1.50 bits per heavy atom. The third-order valence-electron chi connectivity index (χ3n) is 4.21. The van der Waals surface area contributed by atoms with Crippen LogP contribution in [0.1, 0.15) is 11.1 Å². The Morgan fingerprint density at radius 3 is 2.27 bits per heavy atom. The predicted molar refractivity (Wildman–Crippen MR) is 103 cm³/mol. The molecule has 0 bridgehead atoms. The Balaban J connectivity index is 1.71. The lowest BCUT2D eigenvalue weighted by Crippen LogP contribution is -1.91. The van der Waals surface area contributed by atoms with Crippen LogP contribution in [-0.2, 0) is 6.42 Å². The average Bonchev–Trinajstić information content (AvgIpc) is 2.70. The van der Waals surface area contributed by atoms with E-state index in [1.165, 1.54) is 0 Å². The zero-order chi connectivity index (χ0) is 17.8. The molecule has 4 aromatic rings. The summed E-state index contributed by atoms with van der Waals surface area (Å²) in [5.41, 5.74) is 3.99. The van der Waals surface area contributed by atoms with Crippen LogP contribution in [0.4, 0.5) is 11.4 Å². The maximum Gasteiger partial charge on any atom is 0.145 e. The molecule has 0 saturated carbocycles. The Bertz CT molecular complexity index is 1060. The highest BCUT2D eigenvalue weighted by molar-refractivity contribution is 5.94. The third kappa shape index (κ3) is 3.30. The molecule has 1 heterocycles. The van der Waals surface area contributed by atoms with Gasteiger partial charge in [0, 0.05) is 23.6 Å². The number of benzene rings is 3. The van der Waals surface area contributed by atoms with Crippen molar-refractivity contribution in [2.75, 3.05) is 0 Å². The quantitative estimate of drug-likeness (QED) is 0.467. The number of phenolic OH excluding ortho intramolecular Hbond substituents is 1. The highest BCUT2D eigenvalue weighted by atomic mass is 16.3. The predicted octanol–water partition coefficient (Wildman–Crippen LogP) is 5.95. The van der Waals surface area contributed by atoms with Crippen LogP contribution in [0.2, 0.25) is 0 Å². The zero-order valence-corrected chi connectivity index (χ0v) is 14.1. The monoisotopic (exact) mass is 339 g/mol. The van der Waals surface area contributed by atoms with E-state index in [1.807, 2.05) is 72.8 Å². The summed E-state index contributed by atoms with van der Waals surface area (Å²) in [7, 11) is 0. The molecule has 1 N–H and O–H groups in total. The van der Waals surface area contributed by atoms with Crippen LogP contribution in [0.3, 0.4) is 0 Å². The largest absolute Gasteiger partial charge is 0.505 e. The SMILES string of the molecule is Oc1c(Cc2ccccc2)ccc2c(N=Nc3ccccc3)ccnc12. The van der Waals surface area contributed by atoms with Crippen molar-refractivity contribution < 1.29 is 5.11 Å². The van der Waals surface area contributed by atoms with Gasteiger partial charge in [0.2, 0.25) is 0 Å². The van der Waals surface area contributed by atoms with Gasteiger partial charge < -0.3 is 5.11 Å². The number of phenols is 1. The van der Waals surface area contributed by atoms with E-state index in [1.54, 1.807) is 12.3 Å². The summed E-state index contributed by atoms with van der Waals surface area (Å²) in [5.74, 6) is 0.197. The highest BCUT2D eigenvalue weighted by Crippen LogP contribution is 2.34. The average molecular weight is 339 g/mol. The number of azo groups is 1. The number of pyridine rings is 1. The normalized spacial score (nSPS) is 11.2. The molecular weight excluding hydrogens is 322 g/mol. The number of fused-ring (bicyclic) bond motifs is 1. The summed E-state index contributed by atoms with van der Waals surface area (Å²) < 4.78 is 0. The topological polar surface area (TPSA) is 57.8 Å². The molecule has 0 aliphatic rings. The maximum atomic E-state index is 10.7. The van der Waals surface area contributed by atoms with E-state index in [2.05, 4.69) is 15.2 Å². The molecule has 0 radical (unpaired) electrons. The van der Waals surface area contributed by atoms with Gasteiger partial charge >= 0.3 is 0 Å². The van der Waals surface area contributed by atoms with E-state index in [0.29, 0.717) is 17.6 Å². The molecule has 0 saturated heterocycles. The van der Waals surface area contributed by atoms with Gasteiger partial charge in [0.25, 0.3) is 0 Å². The molecule has 0 fully saturated rings. The lowest BCUT2D eigenvalue weighted by molar-refractivity contribution is 0.474. The van der Waals surface area contributed by atoms with Crippen LogP contribution in [0, 0.1) is 0 Å².